The van der Waals surface area contributed by atoms with Gasteiger partial charge in [0, 0.05) is 30.2 Å². The summed E-state index contributed by atoms with van der Waals surface area (Å²) in [6.07, 6.45) is 0. The molecule has 0 saturated carbocycles. The molecule has 0 aliphatic carbocycles. The number of nitrogens with one attached hydrogen (secondary N) is 2. The van der Waals surface area contributed by atoms with Gasteiger partial charge in [-0.25, -0.2) is 23.1 Å². The van der Waals surface area contributed by atoms with Gasteiger partial charge in [0.05, 0.1) is 0 Å². The normalized spacial score (nSPS) is 16.8. The molecule has 2 aromatic carbocycles. The van der Waals surface area contributed by atoms with Crippen LogP contribution in [0.25, 0.3) is 10.4 Å². The predicted octanol–water partition coefficient (Wildman–Crippen LogP) is 2.97. The number of amides is 3. The van der Waals surface area contributed by atoms with E-state index in [1.165, 1.54) is 28.6 Å². The molecule has 178 valence electrons. The number of para-hydroxylation sites is 1. The van der Waals surface area contributed by atoms with E-state index in [0.29, 0.717) is 16.1 Å². The molecular formula is C22H21FN4O5S2. The number of benzene rings is 2. The van der Waals surface area contributed by atoms with Crippen molar-refractivity contribution >= 4 is 39.0 Å². The third kappa shape index (κ3) is 4.94. The third-order valence-electron chi connectivity index (χ3n) is 5.33. The number of piperazine rings is 1. The second-order valence-corrected chi connectivity index (χ2v) is 10.7. The summed E-state index contributed by atoms with van der Waals surface area (Å²) in [5, 5.41) is 11.9. The number of nitrogens with zero attached hydrogens (tertiary/aromatic N) is 2. The Bertz CT molecular complexity index is 1280. The van der Waals surface area contributed by atoms with Gasteiger partial charge in [-0.2, -0.15) is 4.31 Å². The van der Waals surface area contributed by atoms with E-state index in [9.17, 15) is 27.6 Å². The van der Waals surface area contributed by atoms with E-state index in [1.54, 1.807) is 48.5 Å². The highest BCUT2D eigenvalue weighted by Gasteiger charge is 2.42. The highest BCUT2D eigenvalue weighted by atomic mass is 32.2. The first-order valence-corrected chi connectivity index (χ1v) is 12.5. The number of thiophene rings is 1. The maximum atomic E-state index is 13.4. The van der Waals surface area contributed by atoms with Crippen LogP contribution in [-0.4, -0.2) is 60.4 Å². The van der Waals surface area contributed by atoms with Crippen molar-refractivity contribution < 1.29 is 27.6 Å². The summed E-state index contributed by atoms with van der Waals surface area (Å²) >= 11 is 0.983. The van der Waals surface area contributed by atoms with E-state index in [2.05, 4.69) is 5.32 Å². The number of hydrogen-bond acceptors (Lipinski definition) is 6. The topological polar surface area (TPSA) is 119 Å². The van der Waals surface area contributed by atoms with Crippen LogP contribution in [0.5, 0.6) is 0 Å². The SMILES string of the molecule is O=C(NO)[C@H]1CN(C(=O)Nc2ccccc2)CCN1S(=O)(=O)c1ccc(-c2ccc(F)cc2)s1. The summed E-state index contributed by atoms with van der Waals surface area (Å²) in [4.78, 5) is 27.0. The van der Waals surface area contributed by atoms with Gasteiger partial charge in [-0.3, -0.25) is 10.0 Å². The smallest absolute Gasteiger partial charge is 0.321 e. The number of carbonyl (C=O) groups excluding carboxylic acids is 2. The molecule has 9 nitrogen and oxygen atoms in total. The lowest BCUT2D eigenvalue weighted by Crippen LogP contribution is -2.61. The molecule has 1 aromatic heterocycles. The quantitative estimate of drug-likeness (QED) is 0.365. The van der Waals surface area contributed by atoms with Crippen molar-refractivity contribution in [2.45, 2.75) is 10.3 Å². The molecule has 12 heteroatoms. The van der Waals surface area contributed by atoms with Crippen LogP contribution < -0.4 is 10.8 Å². The molecule has 0 spiro atoms. The number of urea groups is 1. The van der Waals surface area contributed by atoms with Crippen LogP contribution in [0.1, 0.15) is 0 Å². The van der Waals surface area contributed by atoms with Crippen molar-refractivity contribution in [1.82, 2.24) is 14.7 Å². The molecule has 3 aromatic rings. The van der Waals surface area contributed by atoms with E-state index in [4.69, 9.17) is 0 Å². The monoisotopic (exact) mass is 504 g/mol. The molecule has 1 atom stereocenters. The summed E-state index contributed by atoms with van der Waals surface area (Å²) in [7, 11) is -4.12. The summed E-state index contributed by atoms with van der Waals surface area (Å²) in [6, 6.07) is 15.6. The van der Waals surface area contributed by atoms with Gasteiger partial charge in [-0.15, -0.1) is 11.3 Å². The largest absolute Gasteiger partial charge is 0.321 e. The molecule has 3 N–H and O–H groups in total. The standard InChI is InChI=1S/C22H21FN4O5S2/c23-16-8-6-15(7-9-16)19-10-11-20(33-19)34(31,32)27-13-12-26(14-18(27)21(28)25-30)22(29)24-17-4-2-1-3-5-17/h1-11,18,30H,12-14H2,(H,24,29)(H,25,28)/t18-/m1/s1. The van der Waals surface area contributed by atoms with Crippen LogP contribution in [0.15, 0.2) is 70.9 Å². The number of hydrogen-bond donors (Lipinski definition) is 3. The first-order chi connectivity index (χ1) is 16.3. The molecule has 1 fully saturated rings. The van der Waals surface area contributed by atoms with Crippen molar-refractivity contribution in [3.63, 3.8) is 0 Å². The molecule has 4 rings (SSSR count). The summed E-state index contributed by atoms with van der Waals surface area (Å²) in [5.41, 5.74) is 2.70. The van der Waals surface area contributed by atoms with E-state index in [0.717, 1.165) is 15.6 Å². The average Bonchev–Trinajstić information content (AvgIpc) is 3.35. The van der Waals surface area contributed by atoms with Gasteiger partial charge in [-0.1, -0.05) is 30.3 Å². The van der Waals surface area contributed by atoms with Gasteiger partial charge in [0.25, 0.3) is 15.9 Å². The molecule has 34 heavy (non-hydrogen) atoms. The summed E-state index contributed by atoms with van der Waals surface area (Å²) in [5.74, 6) is -1.35. The maximum Gasteiger partial charge on any atom is 0.321 e. The highest BCUT2D eigenvalue weighted by molar-refractivity contribution is 7.91. The zero-order valence-electron chi connectivity index (χ0n) is 17.7. The summed E-state index contributed by atoms with van der Waals surface area (Å²) in [6.45, 7) is -0.351. The zero-order chi connectivity index (χ0) is 24.3. The van der Waals surface area contributed by atoms with E-state index >= 15 is 0 Å². The second-order valence-electron chi connectivity index (χ2n) is 7.48. The zero-order valence-corrected chi connectivity index (χ0v) is 19.4. The molecule has 2 heterocycles. The number of hydroxylamine groups is 1. The lowest BCUT2D eigenvalue weighted by Gasteiger charge is -2.38. The highest BCUT2D eigenvalue weighted by Crippen LogP contribution is 2.33. The molecule has 1 aliphatic rings. The fourth-order valence-electron chi connectivity index (χ4n) is 3.59. The van der Waals surface area contributed by atoms with Crippen molar-refractivity contribution in [1.29, 1.82) is 0 Å². The third-order valence-corrected chi connectivity index (χ3v) is 8.84. The fraction of sp³-hybridized carbons (Fsp3) is 0.182. The second kappa shape index (κ2) is 9.89. The Kier molecular flexibility index (Phi) is 6.93. The van der Waals surface area contributed by atoms with E-state index < -0.39 is 33.8 Å². The number of anilines is 1. The number of rotatable bonds is 5. The number of halogens is 1. The van der Waals surface area contributed by atoms with Gasteiger partial charge in [0.2, 0.25) is 0 Å². The Balaban J connectivity index is 1.55. The van der Waals surface area contributed by atoms with Crippen molar-refractivity contribution in [3.8, 4) is 10.4 Å². The van der Waals surface area contributed by atoms with E-state index in [-0.39, 0.29) is 23.8 Å². The van der Waals surface area contributed by atoms with Crippen LogP contribution in [0, 0.1) is 5.82 Å². The molecule has 1 saturated heterocycles. The first-order valence-electron chi connectivity index (χ1n) is 10.2. The predicted molar refractivity (Wildman–Crippen MR) is 124 cm³/mol. The lowest BCUT2D eigenvalue weighted by atomic mass is 10.2. The Morgan fingerprint density at radius 3 is 2.38 bits per heavy atom. The number of carbonyl (C=O) groups is 2. The summed E-state index contributed by atoms with van der Waals surface area (Å²) < 4.78 is 40.9. The van der Waals surface area contributed by atoms with Crippen LogP contribution in [0.4, 0.5) is 14.9 Å². The Hall–Kier alpha value is -3.32. The minimum atomic E-state index is -4.12. The van der Waals surface area contributed by atoms with Crippen molar-refractivity contribution in [2.24, 2.45) is 0 Å². The minimum Gasteiger partial charge on any atom is -0.321 e. The van der Waals surface area contributed by atoms with Crippen LogP contribution in [0.2, 0.25) is 0 Å². The Morgan fingerprint density at radius 1 is 1.00 bits per heavy atom. The molecule has 0 unspecified atom stereocenters. The average molecular weight is 505 g/mol. The Labute approximate surface area is 199 Å². The van der Waals surface area contributed by atoms with Gasteiger partial charge in [0.1, 0.15) is 16.1 Å². The van der Waals surface area contributed by atoms with Crippen LogP contribution in [0.3, 0.4) is 0 Å². The van der Waals surface area contributed by atoms with Gasteiger partial charge in [-0.05, 0) is 42.0 Å². The molecular weight excluding hydrogens is 483 g/mol. The van der Waals surface area contributed by atoms with Crippen molar-refractivity contribution in [3.05, 3.63) is 72.5 Å². The van der Waals surface area contributed by atoms with Gasteiger partial charge >= 0.3 is 6.03 Å². The fourth-order valence-corrected chi connectivity index (χ4v) is 6.61. The van der Waals surface area contributed by atoms with Crippen LogP contribution in [-0.2, 0) is 14.8 Å². The van der Waals surface area contributed by atoms with E-state index in [1.807, 2.05) is 0 Å². The van der Waals surface area contributed by atoms with Gasteiger partial charge in [0.15, 0.2) is 0 Å². The maximum absolute atomic E-state index is 13.4. The Morgan fingerprint density at radius 2 is 1.71 bits per heavy atom. The lowest BCUT2D eigenvalue weighted by molar-refractivity contribution is -0.134. The van der Waals surface area contributed by atoms with Crippen LogP contribution >= 0.6 is 11.3 Å². The molecule has 0 radical (unpaired) electrons. The van der Waals surface area contributed by atoms with Gasteiger partial charge < -0.3 is 10.2 Å². The molecule has 3 amide bonds. The molecule has 0 bridgehead atoms. The minimum absolute atomic E-state index is 0.00949. The number of sulfonamides is 1. The first kappa shape index (κ1) is 23.8. The van der Waals surface area contributed by atoms with Crippen molar-refractivity contribution in [2.75, 3.05) is 25.0 Å². The molecule has 1 aliphatic heterocycles.